The van der Waals surface area contributed by atoms with Gasteiger partial charge in [-0.25, -0.2) is 0 Å². The quantitative estimate of drug-likeness (QED) is 0.431. The first-order valence-corrected chi connectivity index (χ1v) is 13.9. The van der Waals surface area contributed by atoms with Crippen molar-refractivity contribution in [3.8, 4) is 0 Å². The van der Waals surface area contributed by atoms with Gasteiger partial charge in [-0.05, 0) is 66.3 Å². The highest BCUT2D eigenvalue weighted by Gasteiger charge is 2.75. The molecule has 5 aliphatic carbocycles. The van der Waals surface area contributed by atoms with E-state index in [1.165, 1.54) is 11.1 Å². The van der Waals surface area contributed by atoms with Crippen molar-refractivity contribution in [2.75, 3.05) is 0 Å². The summed E-state index contributed by atoms with van der Waals surface area (Å²) >= 11 is 0. The molecule has 200 valence electrons. The Morgan fingerprint density at radius 2 is 1.53 bits per heavy atom. The summed E-state index contributed by atoms with van der Waals surface area (Å²) in [7, 11) is 0. The summed E-state index contributed by atoms with van der Waals surface area (Å²) in [6, 6.07) is 0. The van der Waals surface area contributed by atoms with Crippen molar-refractivity contribution in [1.82, 2.24) is 0 Å². The number of aliphatic hydroxyl groups is 2. The molecule has 5 aliphatic rings. The molecule has 9 atom stereocenters. The number of carbonyl (C=O) groups is 2. The van der Waals surface area contributed by atoms with Gasteiger partial charge in [0.2, 0.25) is 0 Å². The van der Waals surface area contributed by atoms with Gasteiger partial charge in [0.1, 0.15) is 5.78 Å². The van der Waals surface area contributed by atoms with E-state index in [2.05, 4.69) is 39.8 Å². The first-order valence-electron chi connectivity index (χ1n) is 13.9. The SMILES string of the molecule is CC1(C)[C@@H](O)C[C@@H](O)[C@H]2[C@@]1(C)C(=O)C[C@@]1(C)[C@]3(C)CC[C@]4(C)CC[C@@](C)(C(=O)O)CC4=C3C=C[C@]21C. The molecule has 0 heterocycles. The smallest absolute Gasteiger partial charge is 0.309 e. The highest BCUT2D eigenvalue weighted by Crippen LogP contribution is 2.76. The number of fused-ring (bicyclic) bond motifs is 6. The topological polar surface area (TPSA) is 94.8 Å². The predicted molar refractivity (Wildman–Crippen MR) is 139 cm³/mol. The van der Waals surface area contributed by atoms with Gasteiger partial charge in [-0.2, -0.15) is 0 Å². The van der Waals surface area contributed by atoms with Gasteiger partial charge in [0.25, 0.3) is 0 Å². The Morgan fingerprint density at radius 3 is 2.14 bits per heavy atom. The van der Waals surface area contributed by atoms with Crippen LogP contribution in [0.3, 0.4) is 0 Å². The van der Waals surface area contributed by atoms with E-state index in [0.717, 1.165) is 19.3 Å². The summed E-state index contributed by atoms with van der Waals surface area (Å²) in [4.78, 5) is 26.5. The van der Waals surface area contributed by atoms with E-state index < -0.39 is 45.3 Å². The van der Waals surface area contributed by atoms with E-state index in [9.17, 15) is 24.9 Å². The van der Waals surface area contributed by atoms with Crippen LogP contribution >= 0.6 is 0 Å². The molecule has 36 heavy (non-hydrogen) atoms. The lowest BCUT2D eigenvalue weighted by molar-refractivity contribution is -0.240. The van der Waals surface area contributed by atoms with Gasteiger partial charge >= 0.3 is 5.97 Å². The number of carboxylic acids is 1. The van der Waals surface area contributed by atoms with Gasteiger partial charge < -0.3 is 15.3 Å². The number of ketones is 1. The fraction of sp³-hybridized carbons (Fsp3) is 0.806. The molecule has 5 nitrogen and oxygen atoms in total. The number of rotatable bonds is 1. The summed E-state index contributed by atoms with van der Waals surface area (Å²) in [5, 5.41) is 32.6. The first kappa shape index (κ1) is 26.2. The number of aliphatic carboxylic acids is 1. The molecular formula is C31H46O5. The molecule has 0 aromatic carbocycles. The van der Waals surface area contributed by atoms with Crippen molar-refractivity contribution in [2.24, 2.45) is 43.8 Å². The van der Waals surface area contributed by atoms with Crippen molar-refractivity contribution in [1.29, 1.82) is 0 Å². The number of carboxylic acid groups (broad SMARTS) is 1. The number of hydrogen-bond donors (Lipinski definition) is 3. The molecule has 0 aromatic rings. The van der Waals surface area contributed by atoms with Crippen LogP contribution in [-0.2, 0) is 9.59 Å². The summed E-state index contributed by atoms with van der Waals surface area (Å²) in [5.74, 6) is -0.891. The zero-order valence-electron chi connectivity index (χ0n) is 23.5. The molecule has 0 amide bonds. The van der Waals surface area contributed by atoms with Gasteiger partial charge in [-0.1, -0.05) is 66.2 Å². The molecule has 5 heteroatoms. The van der Waals surface area contributed by atoms with Gasteiger partial charge in [-0.15, -0.1) is 0 Å². The third-order valence-electron chi connectivity index (χ3n) is 13.5. The normalized spacial score (nSPS) is 53.7. The minimum absolute atomic E-state index is 0.0120. The average molecular weight is 499 g/mol. The lowest BCUT2D eigenvalue weighted by Crippen LogP contribution is -2.73. The van der Waals surface area contributed by atoms with Gasteiger partial charge in [-0.3, -0.25) is 9.59 Å². The van der Waals surface area contributed by atoms with E-state index in [4.69, 9.17) is 0 Å². The molecule has 0 radical (unpaired) electrons. The van der Waals surface area contributed by atoms with Crippen LogP contribution in [0.5, 0.6) is 0 Å². The molecule has 0 aromatic heterocycles. The Labute approximate surface area is 216 Å². The maximum Gasteiger partial charge on any atom is 0.309 e. The minimum Gasteiger partial charge on any atom is -0.481 e. The summed E-state index contributed by atoms with van der Waals surface area (Å²) in [5.41, 5.74) is -0.961. The van der Waals surface area contributed by atoms with Crippen LogP contribution in [-0.4, -0.2) is 39.3 Å². The third kappa shape index (κ3) is 2.70. The van der Waals surface area contributed by atoms with E-state index in [-0.39, 0.29) is 29.0 Å². The molecular weight excluding hydrogens is 452 g/mol. The highest BCUT2D eigenvalue weighted by atomic mass is 16.4. The fourth-order valence-corrected chi connectivity index (χ4v) is 9.82. The lowest BCUT2D eigenvalue weighted by atomic mass is 9.31. The second-order valence-electron chi connectivity index (χ2n) is 15.1. The summed E-state index contributed by atoms with van der Waals surface area (Å²) < 4.78 is 0. The largest absolute Gasteiger partial charge is 0.481 e. The zero-order chi connectivity index (χ0) is 26.9. The average Bonchev–Trinajstić information content (AvgIpc) is 2.76. The van der Waals surface area contributed by atoms with Crippen LogP contribution < -0.4 is 0 Å². The molecule has 0 spiro atoms. The maximum absolute atomic E-state index is 14.3. The van der Waals surface area contributed by atoms with Crippen molar-refractivity contribution in [3.63, 3.8) is 0 Å². The standard InChI is InChI=1S/C31H46O5/c1-25(2)21(33)15-20(32)23-29(6)10-9-18-19-16-27(4,24(35)36)12-11-26(19,3)13-14-28(18,5)30(29,7)17-22(34)31(23,25)8/h9-10,20-21,23,32-33H,11-17H2,1-8H3,(H,35,36)/t20-,21+,23-,26+,27-,28-,29-,30+,31-/m1/s1. The molecule has 3 saturated carbocycles. The van der Waals surface area contributed by atoms with Crippen LogP contribution in [0.15, 0.2) is 23.3 Å². The number of aliphatic hydroxyl groups excluding tert-OH is 2. The van der Waals surface area contributed by atoms with Gasteiger partial charge in [0.15, 0.2) is 0 Å². The Hall–Kier alpha value is -1.46. The van der Waals surface area contributed by atoms with Crippen LogP contribution in [0.2, 0.25) is 0 Å². The highest BCUT2D eigenvalue weighted by molar-refractivity contribution is 5.89. The molecule has 5 rings (SSSR count). The van der Waals surface area contributed by atoms with E-state index in [1.54, 1.807) is 0 Å². The first-order chi connectivity index (χ1) is 16.3. The lowest BCUT2D eigenvalue weighted by Gasteiger charge is -2.72. The number of allylic oxidation sites excluding steroid dienone is 4. The number of hydrogen-bond acceptors (Lipinski definition) is 4. The van der Waals surface area contributed by atoms with Crippen LogP contribution in [0.1, 0.15) is 100 Å². The van der Waals surface area contributed by atoms with Crippen molar-refractivity contribution >= 4 is 11.8 Å². The van der Waals surface area contributed by atoms with Crippen molar-refractivity contribution in [3.05, 3.63) is 23.3 Å². The number of Topliss-reactive ketones (excluding diaryl/α,β-unsaturated/α-hetero) is 1. The Bertz CT molecular complexity index is 1100. The molecule has 0 bridgehead atoms. The van der Waals surface area contributed by atoms with Gasteiger partial charge in [0, 0.05) is 29.6 Å². The monoisotopic (exact) mass is 498 g/mol. The van der Waals surface area contributed by atoms with Crippen molar-refractivity contribution in [2.45, 2.75) is 113 Å². The van der Waals surface area contributed by atoms with Crippen LogP contribution in [0, 0.1) is 43.8 Å². The Kier molecular flexibility index (Phi) is 5.19. The van der Waals surface area contributed by atoms with E-state index in [0.29, 0.717) is 19.3 Å². The van der Waals surface area contributed by atoms with Crippen molar-refractivity contribution < 1.29 is 24.9 Å². The fourth-order valence-electron chi connectivity index (χ4n) is 9.82. The van der Waals surface area contributed by atoms with E-state index in [1.807, 2.05) is 27.7 Å². The van der Waals surface area contributed by atoms with Crippen LogP contribution in [0.25, 0.3) is 0 Å². The number of carbonyl (C=O) groups excluding carboxylic acids is 1. The Morgan fingerprint density at radius 1 is 0.917 bits per heavy atom. The second kappa shape index (κ2) is 7.14. The third-order valence-corrected chi connectivity index (χ3v) is 13.5. The molecule has 3 fully saturated rings. The second-order valence-corrected chi connectivity index (χ2v) is 15.1. The predicted octanol–water partition coefficient (Wildman–Crippen LogP) is 5.69. The minimum atomic E-state index is -0.848. The Balaban J connectivity index is 1.74. The molecule has 3 N–H and O–H groups in total. The maximum atomic E-state index is 14.3. The molecule has 0 unspecified atom stereocenters. The van der Waals surface area contributed by atoms with Crippen LogP contribution in [0.4, 0.5) is 0 Å². The molecule has 0 saturated heterocycles. The summed E-state index contributed by atoms with van der Waals surface area (Å²) in [6.45, 7) is 16.9. The summed E-state index contributed by atoms with van der Waals surface area (Å²) in [6.07, 6.45) is 7.73. The zero-order valence-corrected chi connectivity index (χ0v) is 23.5. The van der Waals surface area contributed by atoms with Gasteiger partial charge in [0.05, 0.1) is 17.6 Å². The van der Waals surface area contributed by atoms with E-state index >= 15 is 0 Å². The molecule has 0 aliphatic heterocycles.